The van der Waals surface area contributed by atoms with Crippen molar-refractivity contribution in [1.29, 1.82) is 0 Å². The minimum atomic E-state index is -0.701. The number of hydrogen-bond acceptors (Lipinski definition) is 10. The molecule has 8 heterocycles. The van der Waals surface area contributed by atoms with Gasteiger partial charge in [0.1, 0.15) is 23.3 Å². The predicted molar refractivity (Wildman–Crippen MR) is 249 cm³/mol. The van der Waals surface area contributed by atoms with E-state index in [4.69, 9.17) is 0 Å². The van der Waals surface area contributed by atoms with Gasteiger partial charge in [0.15, 0.2) is 0 Å². The lowest BCUT2D eigenvalue weighted by Gasteiger charge is -2.42. The molecule has 4 aliphatic heterocycles. The van der Waals surface area contributed by atoms with Gasteiger partial charge in [0.2, 0.25) is 0 Å². The van der Waals surface area contributed by atoms with Gasteiger partial charge in [0.05, 0.1) is 94.1 Å². The van der Waals surface area contributed by atoms with E-state index in [9.17, 15) is 37.4 Å². The molecular weight excluding hydrogens is 877 g/mol. The lowest BCUT2D eigenvalue weighted by molar-refractivity contribution is 0.0335. The zero-order valence-corrected chi connectivity index (χ0v) is 38.2. The van der Waals surface area contributed by atoms with Crippen LogP contribution >= 0.6 is 0 Å². The molecule has 0 radical (unpaired) electrons. The van der Waals surface area contributed by atoms with E-state index in [1.165, 1.54) is 36.4 Å². The highest BCUT2D eigenvalue weighted by molar-refractivity contribution is 6.00. The van der Waals surface area contributed by atoms with E-state index in [0.29, 0.717) is 59.3 Å². The van der Waals surface area contributed by atoms with Crippen LogP contribution in [-0.4, -0.2) is 80.4 Å². The molecule has 6 aromatic rings. The normalized spacial score (nSPS) is 19.1. The second-order valence-corrected chi connectivity index (χ2v) is 19.3. The van der Waals surface area contributed by atoms with Crippen LogP contribution in [0.25, 0.3) is 22.5 Å². The van der Waals surface area contributed by atoms with Gasteiger partial charge in [-0.05, 0) is 84.6 Å². The number of aliphatic hydroxyl groups excluding tert-OH is 2. The Balaban J connectivity index is 0.000000170. The average Bonchev–Trinajstić information content (AvgIpc) is 3.87. The summed E-state index contributed by atoms with van der Waals surface area (Å²) in [6, 6.07) is 18.3. The van der Waals surface area contributed by atoms with Gasteiger partial charge in [-0.25, -0.2) is 27.5 Å². The molecular formula is C52H52F4N8O4. The Labute approximate surface area is 391 Å². The van der Waals surface area contributed by atoms with Crippen molar-refractivity contribution in [3.05, 3.63) is 153 Å². The van der Waals surface area contributed by atoms with Gasteiger partial charge in [-0.15, -0.1) is 0 Å². The highest BCUT2D eigenvalue weighted by atomic mass is 19.1. The summed E-state index contributed by atoms with van der Waals surface area (Å²) in [4.78, 5) is 47.3. The second-order valence-electron chi connectivity index (χ2n) is 19.3. The zero-order valence-electron chi connectivity index (χ0n) is 38.2. The van der Waals surface area contributed by atoms with Gasteiger partial charge in [-0.2, -0.15) is 0 Å². The molecule has 4 aliphatic rings. The summed E-state index contributed by atoms with van der Waals surface area (Å²) in [6.07, 6.45) is 4.97. The van der Waals surface area contributed by atoms with Crippen molar-refractivity contribution in [2.24, 2.45) is 10.8 Å². The van der Waals surface area contributed by atoms with Gasteiger partial charge in [-0.3, -0.25) is 19.6 Å². The van der Waals surface area contributed by atoms with Crippen molar-refractivity contribution in [2.75, 3.05) is 36.0 Å². The number of benzene rings is 2. The lowest BCUT2D eigenvalue weighted by Crippen LogP contribution is -2.48. The molecule has 2 atom stereocenters. The van der Waals surface area contributed by atoms with E-state index < -0.39 is 23.3 Å². The number of anilines is 2. The Morgan fingerprint density at radius 3 is 1.31 bits per heavy atom. The predicted octanol–water partition coefficient (Wildman–Crippen LogP) is 7.71. The topological polar surface area (TPSA) is 157 Å². The van der Waals surface area contributed by atoms with E-state index in [1.807, 2.05) is 24.3 Å². The Morgan fingerprint density at radius 2 is 0.971 bits per heavy atom. The third kappa shape index (κ3) is 9.26. The Morgan fingerprint density at radius 1 is 0.588 bits per heavy atom. The number of rotatable bonds is 8. The van der Waals surface area contributed by atoms with Crippen LogP contribution in [0.15, 0.2) is 85.2 Å². The number of nitrogens with one attached hydrogen (secondary N) is 2. The standard InChI is InChI=1S/2C26H26F2N4O2/c2*1-26(2)14-32(9-8-22(26)33)17-7-6-16(29-12-17)10-15-11-20(24-18(27)4-3-5-19(24)28)31-21-13-30-25(34)23(15)21/h2*3-7,11-12,22,33H,8-10,13-14H2,1-2H3,(H,30,34)/t22-;/m1./s1. The average molecular weight is 929 g/mol. The van der Waals surface area contributed by atoms with E-state index >= 15 is 0 Å². The van der Waals surface area contributed by atoms with E-state index in [2.05, 4.69) is 68.1 Å². The fourth-order valence-electron chi connectivity index (χ4n) is 9.58. The molecule has 0 aliphatic carbocycles. The maximum absolute atomic E-state index is 14.4. The van der Waals surface area contributed by atoms with Crippen molar-refractivity contribution < 1.29 is 37.4 Å². The largest absolute Gasteiger partial charge is 0.392 e. The number of carbonyl (C=O) groups is 2. The van der Waals surface area contributed by atoms with Crippen LogP contribution in [0.1, 0.15) is 95.2 Å². The Bertz CT molecular complexity index is 2680. The molecule has 1 unspecified atom stereocenters. The number of pyridine rings is 4. The molecule has 10 rings (SSSR count). The summed E-state index contributed by atoms with van der Waals surface area (Å²) in [7, 11) is 0. The zero-order chi connectivity index (χ0) is 48.1. The summed E-state index contributed by atoms with van der Waals surface area (Å²) in [6.45, 7) is 11.6. The molecule has 2 amide bonds. The minimum Gasteiger partial charge on any atom is -0.392 e. The third-order valence-corrected chi connectivity index (χ3v) is 13.5. The maximum atomic E-state index is 14.4. The Hall–Kier alpha value is -6.78. The van der Waals surface area contributed by atoms with E-state index in [-0.39, 0.29) is 70.5 Å². The molecule has 2 fully saturated rings. The van der Waals surface area contributed by atoms with Crippen molar-refractivity contribution in [3.8, 4) is 22.5 Å². The molecule has 0 bridgehead atoms. The summed E-state index contributed by atoms with van der Waals surface area (Å²) < 4.78 is 57.7. The number of nitrogens with zero attached hydrogens (tertiary/aromatic N) is 6. The molecule has 4 aromatic heterocycles. The molecule has 2 aromatic carbocycles. The number of carbonyl (C=O) groups excluding carboxylic acids is 2. The van der Waals surface area contributed by atoms with Crippen LogP contribution < -0.4 is 20.4 Å². The van der Waals surface area contributed by atoms with Crippen molar-refractivity contribution in [3.63, 3.8) is 0 Å². The fourth-order valence-corrected chi connectivity index (χ4v) is 9.58. The van der Waals surface area contributed by atoms with Crippen LogP contribution in [-0.2, 0) is 25.9 Å². The summed E-state index contributed by atoms with van der Waals surface area (Å²) >= 11 is 0. The number of piperidine rings is 2. The lowest BCUT2D eigenvalue weighted by atomic mass is 9.81. The number of aliphatic hydroxyl groups is 2. The maximum Gasteiger partial charge on any atom is 0.253 e. The molecule has 0 saturated carbocycles. The van der Waals surface area contributed by atoms with Crippen LogP contribution in [0.2, 0.25) is 0 Å². The molecule has 352 valence electrons. The molecule has 4 N–H and O–H groups in total. The SMILES string of the molecule is CC1(C)CN(c2ccc(Cc3cc(-c4c(F)cccc4F)nc4c3C(=O)NC4)nc2)CCC1O.CC1(C)CN(c2ccc(Cc3cc(-c4c(F)cccc4F)nc4c3C(=O)NC4)nc2)CC[C@H]1O. The van der Waals surface area contributed by atoms with E-state index in [1.54, 1.807) is 24.5 Å². The number of aromatic nitrogens is 4. The smallest absolute Gasteiger partial charge is 0.253 e. The third-order valence-electron chi connectivity index (χ3n) is 13.5. The van der Waals surface area contributed by atoms with Crippen LogP contribution in [0.3, 0.4) is 0 Å². The number of amides is 2. The summed E-state index contributed by atoms with van der Waals surface area (Å²) in [5.74, 6) is -3.30. The van der Waals surface area contributed by atoms with Gasteiger partial charge < -0.3 is 30.6 Å². The first-order valence-corrected chi connectivity index (χ1v) is 22.7. The molecule has 68 heavy (non-hydrogen) atoms. The van der Waals surface area contributed by atoms with Gasteiger partial charge in [0, 0.05) is 61.2 Å². The van der Waals surface area contributed by atoms with Crippen LogP contribution in [0, 0.1) is 34.1 Å². The first kappa shape index (κ1) is 46.3. The summed E-state index contributed by atoms with van der Waals surface area (Å²) in [5.41, 5.74) is 5.98. The minimum absolute atomic E-state index is 0.159. The van der Waals surface area contributed by atoms with Crippen molar-refractivity contribution in [1.82, 2.24) is 30.6 Å². The first-order chi connectivity index (χ1) is 32.5. The quantitative estimate of drug-likeness (QED) is 0.112. The molecule has 0 spiro atoms. The molecule has 2 saturated heterocycles. The summed E-state index contributed by atoms with van der Waals surface area (Å²) in [5, 5.41) is 25.9. The van der Waals surface area contributed by atoms with Gasteiger partial charge in [-0.1, -0.05) is 39.8 Å². The number of fused-ring (bicyclic) bond motifs is 2. The monoisotopic (exact) mass is 928 g/mol. The molecule has 12 nitrogen and oxygen atoms in total. The van der Waals surface area contributed by atoms with Gasteiger partial charge in [0.25, 0.3) is 11.8 Å². The van der Waals surface area contributed by atoms with E-state index in [0.717, 1.165) is 48.9 Å². The number of hydrogen-bond donors (Lipinski definition) is 4. The first-order valence-electron chi connectivity index (χ1n) is 22.7. The number of halogens is 4. The molecule has 16 heteroatoms. The highest BCUT2D eigenvalue weighted by Crippen LogP contribution is 2.36. The Kier molecular flexibility index (Phi) is 12.5. The highest BCUT2D eigenvalue weighted by Gasteiger charge is 2.36. The van der Waals surface area contributed by atoms with Crippen molar-refractivity contribution in [2.45, 2.75) is 78.7 Å². The fraction of sp³-hybridized carbons (Fsp3) is 0.346. The van der Waals surface area contributed by atoms with Crippen molar-refractivity contribution >= 4 is 23.2 Å². The van der Waals surface area contributed by atoms with Gasteiger partial charge >= 0.3 is 0 Å². The van der Waals surface area contributed by atoms with Crippen LogP contribution in [0.4, 0.5) is 28.9 Å². The second kappa shape index (κ2) is 18.4. The van der Waals surface area contributed by atoms with Crippen LogP contribution in [0.5, 0.6) is 0 Å².